The minimum absolute atomic E-state index is 0.112. The third kappa shape index (κ3) is 7.89. The van der Waals surface area contributed by atoms with E-state index in [0.717, 1.165) is 85.8 Å². The second-order valence-electron chi connectivity index (χ2n) is 16.9. The van der Waals surface area contributed by atoms with E-state index in [2.05, 4.69) is 93.6 Å². The largest absolute Gasteiger partial charge is 0.463 e. The van der Waals surface area contributed by atoms with Gasteiger partial charge in [-0.2, -0.15) is 20.3 Å². The average molecular weight is 792 g/mol. The van der Waals surface area contributed by atoms with Gasteiger partial charge in [-0.15, -0.1) is 0 Å². The molecule has 12 heteroatoms. The van der Waals surface area contributed by atoms with Crippen molar-refractivity contribution in [1.82, 2.24) is 29.5 Å². The van der Waals surface area contributed by atoms with Gasteiger partial charge in [0.05, 0.1) is 42.4 Å². The molecule has 59 heavy (non-hydrogen) atoms. The molecule has 304 valence electrons. The molecule has 2 atom stereocenters. The predicted molar refractivity (Wildman–Crippen MR) is 226 cm³/mol. The summed E-state index contributed by atoms with van der Waals surface area (Å²) >= 11 is 0. The molecule has 1 aliphatic carbocycles. The van der Waals surface area contributed by atoms with Crippen molar-refractivity contribution in [1.29, 1.82) is 5.26 Å². The SMILES string of the molecule is CN1CC[C@H](COc2nc3c(c(N4CCCn5nc(C(=O)N(C)C)cc5C4)n2)COC2(CCCc4ccc(N(Cc5ccccc5)Cc5ccccc5)c(C#N)c42)C3)C1. The van der Waals surface area contributed by atoms with Gasteiger partial charge in [-0.3, -0.25) is 9.48 Å². The van der Waals surface area contributed by atoms with Gasteiger partial charge in [0.15, 0.2) is 5.69 Å². The summed E-state index contributed by atoms with van der Waals surface area (Å²) in [4.78, 5) is 31.7. The fourth-order valence-corrected chi connectivity index (χ4v) is 9.56. The molecule has 1 amide bonds. The van der Waals surface area contributed by atoms with Crippen molar-refractivity contribution < 1.29 is 14.3 Å². The highest BCUT2D eigenvalue weighted by atomic mass is 16.5. The molecule has 3 aliphatic heterocycles. The molecular formula is C47H53N9O3. The monoisotopic (exact) mass is 791 g/mol. The Balaban J connectivity index is 1.10. The lowest BCUT2D eigenvalue weighted by Gasteiger charge is -2.44. The van der Waals surface area contributed by atoms with E-state index >= 15 is 0 Å². The predicted octanol–water partition coefficient (Wildman–Crippen LogP) is 6.50. The number of nitriles is 1. The molecule has 5 aromatic rings. The van der Waals surface area contributed by atoms with Crippen LogP contribution in [0.15, 0.2) is 78.9 Å². The number of carbonyl (C=O) groups is 1. The van der Waals surface area contributed by atoms with Crippen LogP contribution in [0.5, 0.6) is 6.01 Å². The number of aromatic nitrogens is 4. The van der Waals surface area contributed by atoms with Crippen LogP contribution in [0.1, 0.15) is 80.9 Å². The Morgan fingerprint density at radius 1 is 0.983 bits per heavy atom. The number of ether oxygens (including phenoxy) is 2. The van der Waals surface area contributed by atoms with E-state index in [-0.39, 0.29) is 5.91 Å². The van der Waals surface area contributed by atoms with Crippen molar-refractivity contribution in [2.24, 2.45) is 5.92 Å². The second kappa shape index (κ2) is 16.5. The van der Waals surface area contributed by atoms with Gasteiger partial charge in [0.1, 0.15) is 17.5 Å². The summed E-state index contributed by atoms with van der Waals surface area (Å²) in [5.74, 6) is 1.11. The lowest BCUT2D eigenvalue weighted by molar-refractivity contribution is -0.0857. The third-order valence-corrected chi connectivity index (χ3v) is 12.5. The quantitative estimate of drug-likeness (QED) is 0.155. The Morgan fingerprint density at radius 2 is 1.75 bits per heavy atom. The molecule has 1 unspecified atom stereocenters. The van der Waals surface area contributed by atoms with Crippen LogP contribution in [0, 0.1) is 17.2 Å². The maximum atomic E-state index is 12.9. The summed E-state index contributed by atoms with van der Waals surface area (Å²) in [6.45, 7) is 6.23. The Morgan fingerprint density at radius 3 is 2.44 bits per heavy atom. The number of benzene rings is 3. The second-order valence-corrected chi connectivity index (χ2v) is 16.9. The summed E-state index contributed by atoms with van der Waals surface area (Å²) in [7, 11) is 5.65. The molecule has 0 N–H and O–H groups in total. The molecule has 9 rings (SSSR count). The first-order valence-electron chi connectivity index (χ1n) is 21.0. The molecule has 0 radical (unpaired) electrons. The van der Waals surface area contributed by atoms with Gasteiger partial charge >= 0.3 is 6.01 Å². The van der Waals surface area contributed by atoms with Crippen LogP contribution in [0.25, 0.3) is 0 Å². The highest BCUT2D eigenvalue weighted by molar-refractivity contribution is 5.92. The Labute approximate surface area is 347 Å². The lowest BCUT2D eigenvalue weighted by Crippen LogP contribution is -2.41. The molecular weight excluding hydrogens is 739 g/mol. The number of amides is 1. The first-order chi connectivity index (χ1) is 28.8. The number of likely N-dealkylation sites (tertiary alicyclic amines) is 1. The van der Waals surface area contributed by atoms with Crippen molar-refractivity contribution in [2.45, 2.75) is 76.9 Å². The number of aryl methyl sites for hydroxylation is 2. The Bertz CT molecular complexity index is 2320. The van der Waals surface area contributed by atoms with E-state index in [4.69, 9.17) is 19.4 Å². The Kier molecular flexibility index (Phi) is 10.8. The number of anilines is 2. The molecule has 5 heterocycles. The summed E-state index contributed by atoms with van der Waals surface area (Å²) in [5, 5.41) is 15.9. The molecule has 1 spiro atoms. The molecule has 12 nitrogen and oxygen atoms in total. The van der Waals surface area contributed by atoms with E-state index in [0.29, 0.717) is 69.0 Å². The summed E-state index contributed by atoms with van der Waals surface area (Å²) < 4.78 is 15.6. The smallest absolute Gasteiger partial charge is 0.318 e. The van der Waals surface area contributed by atoms with Crippen molar-refractivity contribution in [2.75, 3.05) is 57.2 Å². The van der Waals surface area contributed by atoms with Gasteiger partial charge in [-0.25, -0.2) is 0 Å². The first-order valence-corrected chi connectivity index (χ1v) is 21.0. The molecule has 4 aliphatic rings. The number of nitrogens with zero attached hydrogens (tertiary/aromatic N) is 9. The zero-order valence-corrected chi connectivity index (χ0v) is 34.4. The first kappa shape index (κ1) is 38.7. The van der Waals surface area contributed by atoms with Crippen molar-refractivity contribution in [3.63, 3.8) is 0 Å². The van der Waals surface area contributed by atoms with Crippen LogP contribution >= 0.6 is 0 Å². The third-order valence-electron chi connectivity index (χ3n) is 12.5. The summed E-state index contributed by atoms with van der Waals surface area (Å²) in [6.07, 6.45) is 5.05. The van der Waals surface area contributed by atoms with Crippen LogP contribution in [-0.2, 0) is 56.0 Å². The lowest BCUT2D eigenvalue weighted by atomic mass is 9.72. The molecule has 1 saturated heterocycles. The van der Waals surface area contributed by atoms with Crippen molar-refractivity contribution >= 4 is 17.4 Å². The normalized spacial score (nSPS) is 20.0. The zero-order valence-electron chi connectivity index (χ0n) is 34.4. The number of rotatable bonds is 10. The number of hydrogen-bond acceptors (Lipinski definition) is 10. The molecule has 3 aromatic carbocycles. The summed E-state index contributed by atoms with van der Waals surface area (Å²) in [6, 6.07) is 30.3. The minimum Gasteiger partial charge on any atom is -0.463 e. The van der Waals surface area contributed by atoms with Gasteiger partial charge < -0.3 is 29.1 Å². The van der Waals surface area contributed by atoms with Crippen molar-refractivity contribution in [3.05, 3.63) is 129 Å². The van der Waals surface area contributed by atoms with Gasteiger partial charge in [-0.1, -0.05) is 66.7 Å². The maximum absolute atomic E-state index is 12.9. The standard InChI is InChI=1S/C47H53N9O3/c1-52(2)45(57)40-24-37-30-54(21-11-22-56(37)51-40)44-39-32-59-47(25-41(39)49-46(50-44)58-31-35-19-23-53(3)27-35)20-10-16-36-17-18-42(38(26-48)43(36)47)55(28-33-12-6-4-7-13-33)29-34-14-8-5-9-15-34/h4-9,12-15,17-18,24,35H,10-11,16,19-23,25,27-32H2,1-3H3/t35-,47?/m0/s1. The van der Waals surface area contributed by atoms with E-state index < -0.39 is 5.60 Å². The van der Waals surface area contributed by atoms with Crippen LogP contribution in [0.3, 0.4) is 0 Å². The molecule has 0 bridgehead atoms. The van der Waals surface area contributed by atoms with E-state index in [9.17, 15) is 10.1 Å². The van der Waals surface area contributed by atoms with Gasteiger partial charge in [0.25, 0.3) is 5.91 Å². The van der Waals surface area contributed by atoms with Crippen LogP contribution in [0.2, 0.25) is 0 Å². The fraction of sp³-hybridized carbons (Fsp3) is 0.426. The molecule has 0 saturated carbocycles. The van der Waals surface area contributed by atoms with Gasteiger partial charge in [0, 0.05) is 70.3 Å². The maximum Gasteiger partial charge on any atom is 0.318 e. The number of fused-ring (bicyclic) bond motifs is 4. The van der Waals surface area contributed by atoms with E-state index in [1.54, 1.807) is 19.0 Å². The van der Waals surface area contributed by atoms with Crippen LogP contribution in [-0.4, -0.2) is 82.8 Å². The highest BCUT2D eigenvalue weighted by Crippen LogP contribution is 2.49. The molecule has 2 aromatic heterocycles. The average Bonchev–Trinajstić information content (AvgIpc) is 3.81. The van der Waals surface area contributed by atoms with Crippen LogP contribution < -0.4 is 14.5 Å². The van der Waals surface area contributed by atoms with Gasteiger partial charge in [0.2, 0.25) is 0 Å². The minimum atomic E-state index is -0.733. The number of carbonyl (C=O) groups excluding carboxylic acids is 1. The van der Waals surface area contributed by atoms with Crippen LogP contribution in [0.4, 0.5) is 11.5 Å². The van der Waals surface area contributed by atoms with Crippen molar-refractivity contribution in [3.8, 4) is 12.1 Å². The summed E-state index contributed by atoms with van der Waals surface area (Å²) in [5.41, 5.74) is 8.66. The molecule has 1 fully saturated rings. The van der Waals surface area contributed by atoms with E-state index in [1.807, 2.05) is 22.9 Å². The van der Waals surface area contributed by atoms with E-state index in [1.165, 1.54) is 16.7 Å². The number of hydrogen-bond donors (Lipinski definition) is 0. The fourth-order valence-electron chi connectivity index (χ4n) is 9.56. The highest BCUT2D eigenvalue weighted by Gasteiger charge is 2.45. The zero-order chi connectivity index (χ0) is 40.5. The Hall–Kier alpha value is -5.77. The topological polar surface area (TPSA) is 116 Å². The van der Waals surface area contributed by atoms with Gasteiger partial charge in [-0.05, 0) is 74.5 Å².